The summed E-state index contributed by atoms with van der Waals surface area (Å²) in [5.74, 6) is 0.182. The van der Waals surface area contributed by atoms with Crippen molar-refractivity contribution >= 4 is 39.4 Å². The number of carbonyl (C=O) groups excluding carboxylic acids is 1. The molecule has 0 radical (unpaired) electrons. The van der Waals surface area contributed by atoms with Gasteiger partial charge in [0.2, 0.25) is 5.91 Å². The van der Waals surface area contributed by atoms with Crippen LogP contribution < -0.4 is 10.2 Å². The number of carbonyl (C=O) groups is 1. The van der Waals surface area contributed by atoms with Crippen molar-refractivity contribution in [2.24, 2.45) is 5.92 Å². The summed E-state index contributed by atoms with van der Waals surface area (Å²) < 4.78 is 0. The van der Waals surface area contributed by atoms with Crippen molar-refractivity contribution in [2.45, 2.75) is 45.6 Å². The van der Waals surface area contributed by atoms with E-state index in [9.17, 15) is 4.79 Å². The lowest BCUT2D eigenvalue weighted by Crippen LogP contribution is -2.37. The van der Waals surface area contributed by atoms with Crippen molar-refractivity contribution in [3.05, 3.63) is 46.7 Å². The average molecular weight is 450 g/mol. The van der Waals surface area contributed by atoms with E-state index in [0.29, 0.717) is 0 Å². The summed E-state index contributed by atoms with van der Waals surface area (Å²) in [7, 11) is 0. The van der Waals surface area contributed by atoms with Gasteiger partial charge < -0.3 is 10.2 Å². The van der Waals surface area contributed by atoms with Gasteiger partial charge in [0, 0.05) is 59.8 Å². The van der Waals surface area contributed by atoms with Crippen molar-refractivity contribution in [1.29, 1.82) is 0 Å². The fraction of sp³-hybridized carbons (Fsp3) is 0.480. The molecule has 0 saturated carbocycles. The third-order valence-electron chi connectivity index (χ3n) is 6.76. The van der Waals surface area contributed by atoms with Crippen LogP contribution in [0.1, 0.15) is 42.8 Å². The number of piperidine rings is 2. The van der Waals surface area contributed by atoms with Crippen LogP contribution in [0.2, 0.25) is 0 Å². The van der Waals surface area contributed by atoms with Crippen LogP contribution in [0.3, 0.4) is 0 Å². The standard InChI is InChI=1S/C25H31N5OS/c1-18-27-20(17-32-18)16-29-13-8-19(9-14-29)25(31)28-23-5-6-24(30-11-3-2-4-12-30)21-7-10-26-15-22(21)23/h5-7,10,15,17,19H,2-4,8-9,11-14,16H2,1H3,(H,28,31). The molecule has 0 atom stereocenters. The van der Waals surface area contributed by atoms with Crippen LogP contribution in [-0.2, 0) is 11.3 Å². The smallest absolute Gasteiger partial charge is 0.227 e. The molecule has 168 valence electrons. The first-order valence-electron chi connectivity index (χ1n) is 11.7. The number of hydrogen-bond acceptors (Lipinski definition) is 6. The number of pyridine rings is 1. The molecule has 0 bridgehead atoms. The maximum atomic E-state index is 13.1. The number of aryl methyl sites for hydroxylation is 1. The van der Waals surface area contributed by atoms with Crippen molar-refractivity contribution in [2.75, 3.05) is 36.4 Å². The first-order chi connectivity index (χ1) is 15.7. The predicted octanol–water partition coefficient (Wildman–Crippen LogP) is 4.84. The fourth-order valence-electron chi connectivity index (χ4n) is 4.99. The van der Waals surface area contributed by atoms with Gasteiger partial charge in [-0.2, -0.15) is 0 Å². The number of anilines is 2. The largest absolute Gasteiger partial charge is 0.371 e. The lowest BCUT2D eigenvalue weighted by atomic mass is 9.95. The molecule has 4 heterocycles. The minimum atomic E-state index is 0.0527. The second kappa shape index (κ2) is 9.55. The quantitative estimate of drug-likeness (QED) is 0.604. The van der Waals surface area contributed by atoms with E-state index in [1.54, 1.807) is 11.3 Å². The van der Waals surface area contributed by atoms with Gasteiger partial charge in [-0.1, -0.05) is 0 Å². The Kier molecular flexibility index (Phi) is 6.37. The molecule has 0 unspecified atom stereocenters. The number of thiazole rings is 1. The van der Waals surface area contributed by atoms with E-state index in [-0.39, 0.29) is 11.8 Å². The van der Waals surface area contributed by atoms with E-state index in [4.69, 9.17) is 0 Å². The Morgan fingerprint density at radius 3 is 2.66 bits per heavy atom. The van der Waals surface area contributed by atoms with E-state index in [1.165, 1.54) is 30.3 Å². The molecule has 32 heavy (non-hydrogen) atoms. The third kappa shape index (κ3) is 4.64. The molecule has 0 aliphatic carbocycles. The minimum Gasteiger partial charge on any atom is -0.371 e. The van der Waals surface area contributed by atoms with Crippen LogP contribution in [0.4, 0.5) is 11.4 Å². The number of aromatic nitrogens is 2. The SMILES string of the molecule is Cc1nc(CN2CCC(C(=O)Nc3ccc(N4CCCCC4)c4ccncc34)CC2)cs1. The molecular formula is C25H31N5OS. The summed E-state index contributed by atoms with van der Waals surface area (Å²) in [6.07, 6.45) is 9.30. The van der Waals surface area contributed by atoms with Crippen molar-refractivity contribution < 1.29 is 4.79 Å². The van der Waals surface area contributed by atoms with Gasteiger partial charge in [-0.05, 0) is 70.3 Å². The van der Waals surface area contributed by atoms with Gasteiger partial charge in [0.1, 0.15) is 0 Å². The zero-order valence-electron chi connectivity index (χ0n) is 18.7. The number of fused-ring (bicyclic) bond motifs is 1. The van der Waals surface area contributed by atoms with Crippen LogP contribution in [0, 0.1) is 12.8 Å². The van der Waals surface area contributed by atoms with Gasteiger partial charge in [0.05, 0.1) is 16.4 Å². The highest BCUT2D eigenvalue weighted by molar-refractivity contribution is 7.09. The highest BCUT2D eigenvalue weighted by atomic mass is 32.1. The molecule has 5 rings (SSSR count). The van der Waals surface area contributed by atoms with E-state index < -0.39 is 0 Å². The Morgan fingerprint density at radius 2 is 1.91 bits per heavy atom. The number of likely N-dealkylation sites (tertiary alicyclic amines) is 1. The summed E-state index contributed by atoms with van der Waals surface area (Å²) in [6.45, 7) is 7.00. The number of amides is 1. The van der Waals surface area contributed by atoms with E-state index >= 15 is 0 Å². The Labute approximate surface area is 193 Å². The van der Waals surface area contributed by atoms with Gasteiger partial charge in [-0.25, -0.2) is 4.98 Å². The summed E-state index contributed by atoms with van der Waals surface area (Å²) in [5, 5.41) is 8.68. The van der Waals surface area contributed by atoms with E-state index in [0.717, 1.165) is 67.3 Å². The molecule has 2 saturated heterocycles. The highest BCUT2D eigenvalue weighted by Crippen LogP contribution is 2.34. The topological polar surface area (TPSA) is 61.4 Å². The highest BCUT2D eigenvalue weighted by Gasteiger charge is 2.26. The zero-order valence-corrected chi connectivity index (χ0v) is 19.5. The van der Waals surface area contributed by atoms with Gasteiger partial charge in [0.15, 0.2) is 0 Å². The minimum absolute atomic E-state index is 0.0527. The molecule has 7 heteroatoms. The molecule has 1 N–H and O–H groups in total. The molecule has 2 aliphatic heterocycles. The van der Waals surface area contributed by atoms with Crippen LogP contribution in [0.5, 0.6) is 0 Å². The second-order valence-electron chi connectivity index (χ2n) is 9.00. The lowest BCUT2D eigenvalue weighted by Gasteiger charge is -2.31. The normalized spacial score (nSPS) is 18.2. The summed E-state index contributed by atoms with van der Waals surface area (Å²) in [6, 6.07) is 6.31. The predicted molar refractivity (Wildman–Crippen MR) is 131 cm³/mol. The van der Waals surface area contributed by atoms with Crippen LogP contribution in [0.25, 0.3) is 10.8 Å². The van der Waals surface area contributed by atoms with Crippen LogP contribution in [0.15, 0.2) is 36.0 Å². The molecule has 1 amide bonds. The number of benzene rings is 1. The number of nitrogens with zero attached hydrogens (tertiary/aromatic N) is 4. The maximum absolute atomic E-state index is 13.1. The van der Waals surface area contributed by atoms with Crippen molar-refractivity contribution in [1.82, 2.24) is 14.9 Å². The van der Waals surface area contributed by atoms with Crippen molar-refractivity contribution in [3.63, 3.8) is 0 Å². The van der Waals surface area contributed by atoms with Gasteiger partial charge in [-0.15, -0.1) is 11.3 Å². The van der Waals surface area contributed by atoms with Gasteiger partial charge in [0.25, 0.3) is 0 Å². The molecule has 2 fully saturated rings. The summed E-state index contributed by atoms with van der Waals surface area (Å²) >= 11 is 1.70. The summed E-state index contributed by atoms with van der Waals surface area (Å²) in [4.78, 5) is 26.9. The Balaban J connectivity index is 1.25. The molecule has 2 aliphatic rings. The Bertz CT molecular complexity index is 1080. The summed E-state index contributed by atoms with van der Waals surface area (Å²) in [5.41, 5.74) is 3.27. The molecule has 3 aromatic rings. The molecule has 0 spiro atoms. The molecular weight excluding hydrogens is 418 g/mol. The molecule has 6 nitrogen and oxygen atoms in total. The third-order valence-corrected chi connectivity index (χ3v) is 7.58. The second-order valence-corrected chi connectivity index (χ2v) is 10.1. The lowest BCUT2D eigenvalue weighted by molar-refractivity contribution is -0.121. The van der Waals surface area contributed by atoms with Crippen molar-refractivity contribution in [3.8, 4) is 0 Å². The number of nitrogens with one attached hydrogen (secondary N) is 1. The van der Waals surface area contributed by atoms with E-state index in [2.05, 4.69) is 48.7 Å². The van der Waals surface area contributed by atoms with Crippen LogP contribution >= 0.6 is 11.3 Å². The van der Waals surface area contributed by atoms with Gasteiger partial charge in [-0.3, -0.25) is 14.7 Å². The first-order valence-corrected chi connectivity index (χ1v) is 12.6. The number of hydrogen-bond donors (Lipinski definition) is 1. The fourth-order valence-corrected chi connectivity index (χ4v) is 5.60. The maximum Gasteiger partial charge on any atom is 0.227 e. The average Bonchev–Trinajstić information content (AvgIpc) is 3.24. The monoisotopic (exact) mass is 449 g/mol. The number of rotatable bonds is 5. The Morgan fingerprint density at radius 1 is 1.09 bits per heavy atom. The first kappa shape index (κ1) is 21.3. The molecule has 2 aromatic heterocycles. The van der Waals surface area contributed by atoms with Gasteiger partial charge >= 0.3 is 0 Å². The zero-order chi connectivity index (χ0) is 21.9. The van der Waals surface area contributed by atoms with Crippen LogP contribution in [-0.4, -0.2) is 47.0 Å². The Hall–Kier alpha value is -2.51. The molecule has 1 aromatic carbocycles. The van der Waals surface area contributed by atoms with E-state index in [1.807, 2.05) is 19.3 Å².